The summed E-state index contributed by atoms with van der Waals surface area (Å²) in [7, 11) is -3.02. The number of fused-ring (bicyclic) bond motifs is 1. The predicted molar refractivity (Wildman–Crippen MR) is 74.2 cm³/mol. The molecule has 0 aliphatic carbocycles. The van der Waals surface area contributed by atoms with Crippen LogP contribution in [-0.4, -0.2) is 31.9 Å². The van der Waals surface area contributed by atoms with Crippen LogP contribution in [0.1, 0.15) is 12.0 Å². The van der Waals surface area contributed by atoms with Crippen LogP contribution in [0.4, 0.5) is 5.69 Å². The van der Waals surface area contributed by atoms with Gasteiger partial charge in [-0.1, -0.05) is 17.7 Å². The number of amides is 1. The van der Waals surface area contributed by atoms with E-state index in [1.165, 1.54) is 0 Å². The Kier molecular flexibility index (Phi) is 2.87. The average molecular weight is 300 g/mol. The van der Waals surface area contributed by atoms with Crippen LogP contribution in [0, 0.1) is 12.8 Å². The summed E-state index contributed by atoms with van der Waals surface area (Å²) < 4.78 is 23.4. The molecule has 2 atom stereocenters. The Labute approximate surface area is 117 Å². The number of benzene rings is 1. The molecule has 3 rings (SSSR count). The van der Waals surface area contributed by atoms with E-state index in [9.17, 15) is 13.2 Å². The van der Waals surface area contributed by atoms with E-state index in [4.69, 9.17) is 11.6 Å². The number of sulfone groups is 1. The normalized spacial score (nSPS) is 28.7. The first-order valence-corrected chi connectivity index (χ1v) is 8.36. The van der Waals surface area contributed by atoms with Gasteiger partial charge in [0.1, 0.15) is 0 Å². The van der Waals surface area contributed by atoms with Crippen LogP contribution < -0.4 is 4.90 Å². The van der Waals surface area contributed by atoms with E-state index in [0.29, 0.717) is 11.4 Å². The van der Waals surface area contributed by atoms with E-state index in [2.05, 4.69) is 0 Å². The number of nitrogens with zero attached hydrogens (tertiary/aromatic N) is 1. The Morgan fingerprint density at radius 2 is 2.05 bits per heavy atom. The first-order chi connectivity index (χ1) is 8.87. The van der Waals surface area contributed by atoms with Crippen molar-refractivity contribution in [3.63, 3.8) is 0 Å². The molecule has 0 bridgehead atoms. The lowest BCUT2D eigenvalue weighted by Crippen LogP contribution is -2.36. The fourth-order valence-corrected chi connectivity index (χ4v) is 5.28. The Morgan fingerprint density at radius 1 is 1.32 bits per heavy atom. The SMILES string of the molecule is Cc1ccc(Cl)cc1N1C(=O)C[C@H]2CS(=O)(=O)C[C@H]21. The topological polar surface area (TPSA) is 54.5 Å². The van der Waals surface area contributed by atoms with Crippen LogP contribution in [0.3, 0.4) is 0 Å². The van der Waals surface area contributed by atoms with Gasteiger partial charge in [-0.3, -0.25) is 4.79 Å². The maximum Gasteiger partial charge on any atom is 0.227 e. The van der Waals surface area contributed by atoms with Crippen molar-refractivity contribution in [1.29, 1.82) is 0 Å². The Bertz CT molecular complexity index is 656. The van der Waals surface area contributed by atoms with Crippen LogP contribution in [0.15, 0.2) is 18.2 Å². The largest absolute Gasteiger partial charge is 0.308 e. The van der Waals surface area contributed by atoms with E-state index in [1.54, 1.807) is 17.0 Å². The molecule has 102 valence electrons. The lowest BCUT2D eigenvalue weighted by atomic mass is 10.0. The summed E-state index contributed by atoms with van der Waals surface area (Å²) >= 11 is 5.99. The molecule has 0 unspecified atom stereocenters. The van der Waals surface area contributed by atoms with Gasteiger partial charge < -0.3 is 4.90 Å². The summed E-state index contributed by atoms with van der Waals surface area (Å²) in [6.45, 7) is 1.90. The Balaban J connectivity index is 2.04. The molecule has 4 nitrogen and oxygen atoms in total. The molecule has 2 fully saturated rings. The van der Waals surface area contributed by atoms with Gasteiger partial charge in [0.25, 0.3) is 0 Å². The first-order valence-electron chi connectivity index (χ1n) is 6.16. The van der Waals surface area contributed by atoms with Crippen molar-refractivity contribution in [1.82, 2.24) is 0 Å². The standard InChI is InChI=1S/C13H14ClNO3S/c1-8-2-3-10(14)5-11(8)15-12-7-19(17,18)6-9(12)4-13(15)16/h2-3,5,9,12H,4,6-7H2,1H3/t9-,12+/m0/s1. The van der Waals surface area contributed by atoms with Crippen molar-refractivity contribution in [2.24, 2.45) is 5.92 Å². The lowest BCUT2D eigenvalue weighted by Gasteiger charge is -2.25. The molecule has 19 heavy (non-hydrogen) atoms. The molecule has 2 aliphatic rings. The Hall–Kier alpha value is -1.07. The number of carbonyl (C=O) groups is 1. The third-order valence-electron chi connectivity index (χ3n) is 3.90. The highest BCUT2D eigenvalue weighted by molar-refractivity contribution is 7.91. The molecule has 2 heterocycles. The van der Waals surface area contributed by atoms with Gasteiger partial charge in [-0.25, -0.2) is 8.42 Å². The molecule has 0 radical (unpaired) electrons. The van der Waals surface area contributed by atoms with Crippen LogP contribution in [-0.2, 0) is 14.6 Å². The van der Waals surface area contributed by atoms with Crippen LogP contribution >= 0.6 is 11.6 Å². The molecule has 0 aromatic heterocycles. The molecule has 1 aromatic rings. The van der Waals surface area contributed by atoms with Gasteiger partial charge in [0.2, 0.25) is 5.91 Å². The first kappa shape index (κ1) is 12.9. The van der Waals surface area contributed by atoms with E-state index in [-0.39, 0.29) is 29.4 Å². The van der Waals surface area contributed by atoms with Gasteiger partial charge in [0.15, 0.2) is 9.84 Å². The monoisotopic (exact) mass is 299 g/mol. The van der Waals surface area contributed by atoms with Crippen molar-refractivity contribution in [2.75, 3.05) is 16.4 Å². The third-order valence-corrected chi connectivity index (χ3v) is 5.93. The van der Waals surface area contributed by atoms with Crippen LogP contribution in [0.5, 0.6) is 0 Å². The van der Waals surface area contributed by atoms with Gasteiger partial charge in [0, 0.05) is 23.0 Å². The number of carbonyl (C=O) groups excluding carboxylic acids is 1. The number of halogens is 1. The van der Waals surface area contributed by atoms with Crippen LogP contribution in [0.2, 0.25) is 5.02 Å². The molecule has 1 aromatic carbocycles. The quantitative estimate of drug-likeness (QED) is 0.794. The fraction of sp³-hybridized carbons (Fsp3) is 0.462. The molecule has 0 N–H and O–H groups in total. The summed E-state index contributed by atoms with van der Waals surface area (Å²) in [5.41, 5.74) is 1.67. The minimum Gasteiger partial charge on any atom is -0.308 e. The van der Waals surface area contributed by atoms with E-state index >= 15 is 0 Å². The Morgan fingerprint density at radius 3 is 2.79 bits per heavy atom. The number of anilines is 1. The summed E-state index contributed by atoms with van der Waals surface area (Å²) in [5, 5.41) is 0.553. The maximum atomic E-state index is 12.2. The highest BCUT2D eigenvalue weighted by atomic mass is 35.5. The second-order valence-corrected chi connectivity index (χ2v) is 7.89. The van der Waals surface area contributed by atoms with Gasteiger partial charge in [-0.2, -0.15) is 0 Å². The molecule has 1 amide bonds. The highest BCUT2D eigenvalue weighted by Crippen LogP contribution is 2.39. The van der Waals surface area contributed by atoms with Crippen molar-refractivity contribution < 1.29 is 13.2 Å². The zero-order chi connectivity index (χ0) is 13.8. The van der Waals surface area contributed by atoms with Gasteiger partial charge in [-0.05, 0) is 24.6 Å². The zero-order valence-corrected chi connectivity index (χ0v) is 12.0. The molecule has 6 heteroatoms. The van der Waals surface area contributed by atoms with Gasteiger partial charge in [0.05, 0.1) is 17.5 Å². The van der Waals surface area contributed by atoms with E-state index in [1.807, 2.05) is 13.0 Å². The van der Waals surface area contributed by atoms with E-state index in [0.717, 1.165) is 11.3 Å². The summed E-state index contributed by atoms with van der Waals surface area (Å²) in [6, 6.07) is 5.13. The highest BCUT2D eigenvalue weighted by Gasteiger charge is 2.49. The molecule has 2 aliphatic heterocycles. The number of aryl methyl sites for hydroxylation is 1. The van der Waals surface area contributed by atoms with Gasteiger partial charge >= 0.3 is 0 Å². The molecule has 0 saturated carbocycles. The summed E-state index contributed by atoms with van der Waals surface area (Å²) in [4.78, 5) is 13.8. The van der Waals surface area contributed by atoms with Crippen molar-refractivity contribution in [3.05, 3.63) is 28.8 Å². The smallest absolute Gasteiger partial charge is 0.227 e. The molecular weight excluding hydrogens is 286 g/mol. The summed E-state index contributed by atoms with van der Waals surface area (Å²) in [5.74, 6) is 0.112. The predicted octanol–water partition coefficient (Wildman–Crippen LogP) is 1.80. The average Bonchev–Trinajstić information content (AvgIpc) is 2.73. The van der Waals surface area contributed by atoms with Crippen LogP contribution in [0.25, 0.3) is 0 Å². The van der Waals surface area contributed by atoms with E-state index < -0.39 is 9.84 Å². The number of hydrogen-bond acceptors (Lipinski definition) is 3. The fourth-order valence-electron chi connectivity index (χ4n) is 3.04. The second kappa shape index (κ2) is 4.21. The van der Waals surface area contributed by atoms with Crippen molar-refractivity contribution in [3.8, 4) is 0 Å². The molecular formula is C13H14ClNO3S. The maximum absolute atomic E-state index is 12.2. The minimum absolute atomic E-state index is 0.00438. The number of hydrogen-bond donors (Lipinski definition) is 0. The molecule has 0 spiro atoms. The van der Waals surface area contributed by atoms with Crippen molar-refractivity contribution in [2.45, 2.75) is 19.4 Å². The van der Waals surface area contributed by atoms with Gasteiger partial charge in [-0.15, -0.1) is 0 Å². The molecule has 2 saturated heterocycles. The zero-order valence-electron chi connectivity index (χ0n) is 10.5. The third kappa shape index (κ3) is 2.15. The number of rotatable bonds is 1. The second-order valence-electron chi connectivity index (χ2n) is 5.30. The summed E-state index contributed by atoms with van der Waals surface area (Å²) in [6.07, 6.45) is 0.315. The lowest BCUT2D eigenvalue weighted by molar-refractivity contribution is -0.117. The minimum atomic E-state index is -3.02. The van der Waals surface area contributed by atoms with Crippen molar-refractivity contribution >= 4 is 33.0 Å².